The molecule has 0 bridgehead atoms. The molecule has 0 aliphatic carbocycles. The number of amides is 1. The monoisotopic (exact) mass is 366 g/mol. The largest absolute Gasteiger partial charge is 0.495 e. The Kier molecular flexibility index (Phi) is 6.16. The number of ether oxygens (including phenoxy) is 1. The topological polar surface area (TPSA) is 93.5 Å². The zero-order valence-corrected chi connectivity index (χ0v) is 15.3. The van der Waals surface area contributed by atoms with Crippen LogP contribution >= 0.6 is 0 Å². The molecule has 2 aromatic rings. The normalized spacial score (nSPS) is 11.5. The van der Waals surface area contributed by atoms with Crippen LogP contribution < -0.4 is 10.1 Å². The number of carbonyl (C=O) groups is 1. The molecule has 1 aromatic carbocycles. The third-order valence-corrected chi connectivity index (χ3v) is 5.46. The average Bonchev–Trinajstić information content (AvgIpc) is 3.11. The van der Waals surface area contributed by atoms with Gasteiger partial charge in [-0.25, -0.2) is 17.7 Å². The second-order valence-corrected chi connectivity index (χ2v) is 7.68. The van der Waals surface area contributed by atoms with Gasteiger partial charge in [0.25, 0.3) is 5.91 Å². The number of nitrogens with zero attached hydrogens (tertiary/aromatic N) is 3. The van der Waals surface area contributed by atoms with Gasteiger partial charge in [-0.1, -0.05) is 0 Å². The lowest BCUT2D eigenvalue weighted by atomic mass is 10.2. The Labute approximate surface area is 147 Å². The predicted octanol–water partition coefficient (Wildman–Crippen LogP) is 0.962. The predicted molar refractivity (Wildman–Crippen MR) is 93.0 cm³/mol. The Morgan fingerprint density at radius 2 is 2.12 bits per heavy atom. The summed E-state index contributed by atoms with van der Waals surface area (Å²) >= 11 is 0. The first-order valence-electron chi connectivity index (χ1n) is 7.70. The van der Waals surface area contributed by atoms with Crippen LogP contribution in [0.1, 0.15) is 16.8 Å². The van der Waals surface area contributed by atoms with E-state index in [1.54, 1.807) is 18.6 Å². The first-order chi connectivity index (χ1) is 11.9. The van der Waals surface area contributed by atoms with Crippen LogP contribution in [0, 0.1) is 0 Å². The molecule has 2 rings (SSSR count). The van der Waals surface area contributed by atoms with E-state index in [-0.39, 0.29) is 22.1 Å². The van der Waals surface area contributed by atoms with Gasteiger partial charge in [0.1, 0.15) is 10.6 Å². The molecule has 136 valence electrons. The van der Waals surface area contributed by atoms with Gasteiger partial charge in [0.05, 0.1) is 13.4 Å². The number of aromatic nitrogens is 2. The molecule has 0 spiro atoms. The molecular formula is C16H22N4O4S. The van der Waals surface area contributed by atoms with Crippen LogP contribution in [0.2, 0.25) is 0 Å². The zero-order valence-electron chi connectivity index (χ0n) is 14.5. The first kappa shape index (κ1) is 18.9. The molecule has 1 aromatic heterocycles. The molecule has 0 radical (unpaired) electrons. The molecule has 0 aliphatic rings. The summed E-state index contributed by atoms with van der Waals surface area (Å²) < 4.78 is 32.9. The van der Waals surface area contributed by atoms with Gasteiger partial charge in [-0.15, -0.1) is 0 Å². The molecule has 1 heterocycles. The number of methoxy groups -OCH3 is 1. The molecule has 1 N–H and O–H groups in total. The molecule has 0 fully saturated rings. The van der Waals surface area contributed by atoms with Crippen LogP contribution in [-0.4, -0.2) is 55.9 Å². The number of carbonyl (C=O) groups excluding carboxylic acids is 1. The molecular weight excluding hydrogens is 344 g/mol. The third-order valence-electron chi connectivity index (χ3n) is 3.62. The van der Waals surface area contributed by atoms with Crippen molar-refractivity contribution in [3.8, 4) is 5.75 Å². The smallest absolute Gasteiger partial charge is 0.251 e. The zero-order chi connectivity index (χ0) is 18.4. The highest BCUT2D eigenvalue weighted by Crippen LogP contribution is 2.26. The number of benzene rings is 1. The summed E-state index contributed by atoms with van der Waals surface area (Å²) in [6.07, 6.45) is 6.00. The van der Waals surface area contributed by atoms with Gasteiger partial charge in [-0.3, -0.25) is 4.79 Å². The van der Waals surface area contributed by atoms with E-state index in [2.05, 4.69) is 10.3 Å². The SMILES string of the molecule is COc1ccc(C(=O)NCCCn2ccnc2)cc1S(=O)(=O)N(C)C. The van der Waals surface area contributed by atoms with Crippen LogP contribution in [0.25, 0.3) is 0 Å². The molecule has 8 nitrogen and oxygen atoms in total. The van der Waals surface area contributed by atoms with Crippen LogP contribution in [0.5, 0.6) is 5.75 Å². The Morgan fingerprint density at radius 1 is 1.36 bits per heavy atom. The summed E-state index contributed by atoms with van der Waals surface area (Å²) in [5.41, 5.74) is 0.267. The van der Waals surface area contributed by atoms with Crippen LogP contribution in [0.3, 0.4) is 0 Å². The maximum Gasteiger partial charge on any atom is 0.251 e. The summed E-state index contributed by atoms with van der Waals surface area (Å²) in [6.45, 7) is 1.21. The van der Waals surface area contributed by atoms with Gasteiger partial charge >= 0.3 is 0 Å². The van der Waals surface area contributed by atoms with Crippen molar-refractivity contribution in [3.63, 3.8) is 0 Å². The molecule has 0 saturated carbocycles. The van der Waals surface area contributed by atoms with Crippen molar-refractivity contribution in [2.45, 2.75) is 17.9 Å². The first-order valence-corrected chi connectivity index (χ1v) is 9.14. The van der Waals surface area contributed by atoms with Crippen LogP contribution in [0.4, 0.5) is 0 Å². The fraction of sp³-hybridized carbons (Fsp3) is 0.375. The molecule has 25 heavy (non-hydrogen) atoms. The van der Waals surface area contributed by atoms with Gasteiger partial charge in [-0.05, 0) is 24.6 Å². The molecule has 0 atom stereocenters. The summed E-state index contributed by atoms with van der Waals surface area (Å²) in [4.78, 5) is 16.2. The van der Waals surface area contributed by atoms with E-state index < -0.39 is 10.0 Å². The fourth-order valence-electron chi connectivity index (χ4n) is 2.20. The van der Waals surface area contributed by atoms with E-state index in [9.17, 15) is 13.2 Å². The van der Waals surface area contributed by atoms with Crippen molar-refractivity contribution in [1.82, 2.24) is 19.2 Å². The average molecular weight is 366 g/mol. The van der Waals surface area contributed by atoms with Gasteiger partial charge in [0, 0.05) is 45.1 Å². The maximum absolute atomic E-state index is 12.4. The third kappa shape index (κ3) is 4.58. The van der Waals surface area contributed by atoms with Crippen molar-refractivity contribution in [1.29, 1.82) is 0 Å². The molecule has 9 heteroatoms. The lowest BCUT2D eigenvalue weighted by Crippen LogP contribution is -2.26. The summed E-state index contributed by atoms with van der Waals surface area (Å²) in [7, 11) is 0.533. The minimum Gasteiger partial charge on any atom is -0.495 e. The summed E-state index contributed by atoms with van der Waals surface area (Å²) in [5, 5.41) is 2.78. The van der Waals surface area contributed by atoms with E-state index in [1.807, 2.05) is 10.8 Å². The fourth-order valence-corrected chi connectivity index (χ4v) is 3.28. The highest BCUT2D eigenvalue weighted by atomic mass is 32.2. The number of hydrogen-bond acceptors (Lipinski definition) is 5. The minimum absolute atomic E-state index is 0.0361. The van der Waals surface area contributed by atoms with Crippen molar-refractivity contribution in [3.05, 3.63) is 42.5 Å². The quantitative estimate of drug-likeness (QED) is 0.703. The van der Waals surface area contributed by atoms with Crippen molar-refractivity contribution >= 4 is 15.9 Å². The summed E-state index contributed by atoms with van der Waals surface area (Å²) in [6, 6.07) is 4.36. The Balaban J connectivity index is 2.07. The Morgan fingerprint density at radius 3 is 2.72 bits per heavy atom. The maximum atomic E-state index is 12.4. The number of nitrogens with one attached hydrogen (secondary N) is 1. The number of rotatable bonds is 8. The van der Waals surface area contributed by atoms with Crippen LogP contribution in [-0.2, 0) is 16.6 Å². The summed E-state index contributed by atoms with van der Waals surface area (Å²) in [5.74, 6) is -0.131. The lowest BCUT2D eigenvalue weighted by molar-refractivity contribution is 0.0952. The van der Waals surface area contributed by atoms with Gasteiger partial charge in [-0.2, -0.15) is 0 Å². The molecule has 0 unspecified atom stereocenters. The number of hydrogen-bond donors (Lipinski definition) is 1. The highest BCUT2D eigenvalue weighted by Gasteiger charge is 2.23. The van der Waals surface area contributed by atoms with Gasteiger partial charge in [0.2, 0.25) is 10.0 Å². The second-order valence-electron chi connectivity index (χ2n) is 5.56. The molecule has 1 amide bonds. The van der Waals surface area contributed by atoms with E-state index >= 15 is 0 Å². The molecule has 0 saturated heterocycles. The van der Waals surface area contributed by atoms with E-state index in [0.717, 1.165) is 17.3 Å². The Bertz CT molecular complexity index is 817. The second kappa shape index (κ2) is 8.13. The van der Waals surface area contributed by atoms with E-state index in [4.69, 9.17) is 4.74 Å². The van der Waals surface area contributed by atoms with E-state index in [0.29, 0.717) is 6.54 Å². The number of imidazole rings is 1. The number of sulfonamides is 1. The van der Waals surface area contributed by atoms with Crippen LogP contribution in [0.15, 0.2) is 41.8 Å². The van der Waals surface area contributed by atoms with E-state index in [1.165, 1.54) is 33.3 Å². The van der Waals surface area contributed by atoms with Gasteiger partial charge in [0.15, 0.2) is 0 Å². The van der Waals surface area contributed by atoms with Crippen molar-refractivity contribution < 1.29 is 17.9 Å². The minimum atomic E-state index is -3.71. The lowest BCUT2D eigenvalue weighted by Gasteiger charge is -2.15. The van der Waals surface area contributed by atoms with Gasteiger partial charge < -0.3 is 14.6 Å². The van der Waals surface area contributed by atoms with Crippen molar-refractivity contribution in [2.24, 2.45) is 0 Å². The standard InChI is InChI=1S/C16H22N4O4S/c1-19(2)25(22,23)15-11-13(5-6-14(15)24-3)16(21)18-7-4-9-20-10-8-17-12-20/h5-6,8,10-12H,4,7,9H2,1-3H3,(H,18,21). The highest BCUT2D eigenvalue weighted by molar-refractivity contribution is 7.89. The van der Waals surface area contributed by atoms with Crippen molar-refractivity contribution in [2.75, 3.05) is 27.7 Å². The Hall–Kier alpha value is -2.39. The molecule has 0 aliphatic heterocycles. The number of aryl methyl sites for hydroxylation is 1.